The minimum Gasteiger partial charge on any atom is -0.426 e. The molecule has 272 valence electrons. The van der Waals surface area contributed by atoms with E-state index in [2.05, 4.69) is 116 Å². The molecule has 1 aliphatic rings. The molecule has 0 amide bonds. The Morgan fingerprint density at radius 3 is 1.63 bits per heavy atom. The second-order valence-electron chi connectivity index (χ2n) is 14.3. The molecule has 0 fully saturated rings. The number of cyclic esters (lactones) is 1. The minimum atomic E-state index is -1.24. The summed E-state index contributed by atoms with van der Waals surface area (Å²) in [5, 5.41) is 0. The molecule has 1 aromatic heterocycles. The largest absolute Gasteiger partial charge is 0.426 e. The van der Waals surface area contributed by atoms with E-state index >= 15 is 0 Å². The van der Waals surface area contributed by atoms with Gasteiger partial charge < -0.3 is 9.64 Å². The van der Waals surface area contributed by atoms with Crippen molar-refractivity contribution >= 4 is 23.0 Å². The molecule has 51 heavy (non-hydrogen) atoms. The molecular weight excluding hydrogens is 627 g/mol. The van der Waals surface area contributed by atoms with Gasteiger partial charge in [-0.1, -0.05) is 108 Å². The van der Waals surface area contributed by atoms with Crippen molar-refractivity contribution in [1.29, 1.82) is 0 Å². The number of ether oxygens (including phenoxy) is 1. The lowest BCUT2D eigenvalue weighted by Gasteiger charge is -2.43. The summed E-state index contributed by atoms with van der Waals surface area (Å²) in [6.45, 7) is 12.9. The van der Waals surface area contributed by atoms with Crippen molar-refractivity contribution in [2.24, 2.45) is 0 Å². The summed E-state index contributed by atoms with van der Waals surface area (Å²) in [4.78, 5) is 23.0. The summed E-state index contributed by atoms with van der Waals surface area (Å²) < 4.78 is 6.73. The molecule has 0 saturated carbocycles. The topological polar surface area (TPSA) is 45.7 Å². The number of aryl methyl sites for hydroxylation is 3. The minimum absolute atomic E-state index is 0.330. The van der Waals surface area contributed by atoms with E-state index in [9.17, 15) is 4.79 Å². The summed E-state index contributed by atoms with van der Waals surface area (Å²) in [6.07, 6.45) is 21.1. The summed E-state index contributed by atoms with van der Waals surface area (Å²) in [7, 11) is 0. The number of hydrogen-bond donors (Lipinski definition) is 0. The molecule has 0 saturated heterocycles. The Hall–Kier alpha value is -4.12. The van der Waals surface area contributed by atoms with Crippen LogP contribution in [-0.2, 0) is 23.3 Å². The lowest BCUT2D eigenvalue weighted by Crippen LogP contribution is -2.45. The Bertz CT molecular complexity index is 1600. The molecule has 2 heterocycles. The molecule has 0 aliphatic carbocycles. The van der Waals surface area contributed by atoms with Crippen molar-refractivity contribution in [3.8, 4) is 0 Å². The molecular formula is C46H61N3O2. The molecule has 4 aromatic rings. The van der Waals surface area contributed by atoms with E-state index in [1.165, 1.54) is 88.2 Å². The van der Waals surface area contributed by atoms with Crippen molar-refractivity contribution in [2.75, 3.05) is 22.9 Å². The number of benzene rings is 3. The van der Waals surface area contributed by atoms with Gasteiger partial charge in [-0.2, -0.15) is 0 Å². The van der Waals surface area contributed by atoms with E-state index in [1.807, 2.05) is 6.20 Å². The Morgan fingerprint density at radius 2 is 1.12 bits per heavy atom. The average molecular weight is 688 g/mol. The van der Waals surface area contributed by atoms with Crippen LogP contribution in [0.15, 0.2) is 85.2 Å². The van der Waals surface area contributed by atoms with Crippen LogP contribution in [0.3, 0.4) is 0 Å². The maximum absolute atomic E-state index is 13.8. The fourth-order valence-electron chi connectivity index (χ4n) is 7.74. The SMILES string of the molecule is CCCCCCCCc1ccc(N(c2ccc(CCCCCCCC)cc2)C2(c3ccc(N(CC)CC)cc3C)OC(=O)c3ccncc32)cc1. The number of rotatable bonds is 21. The first-order chi connectivity index (χ1) is 25.0. The van der Waals surface area contributed by atoms with Gasteiger partial charge in [-0.15, -0.1) is 0 Å². The van der Waals surface area contributed by atoms with Crippen LogP contribution < -0.4 is 9.80 Å². The van der Waals surface area contributed by atoms with Crippen LogP contribution in [-0.4, -0.2) is 24.0 Å². The maximum Gasteiger partial charge on any atom is 0.341 e. The van der Waals surface area contributed by atoms with Crippen LogP contribution in [0.5, 0.6) is 0 Å². The first kappa shape index (κ1) is 38.1. The molecule has 5 heteroatoms. The lowest BCUT2D eigenvalue weighted by molar-refractivity contribution is 0.0131. The Kier molecular flexibility index (Phi) is 14.1. The molecule has 5 nitrogen and oxygen atoms in total. The van der Waals surface area contributed by atoms with E-state index in [0.717, 1.165) is 59.7 Å². The first-order valence-electron chi connectivity index (χ1n) is 20.0. The second-order valence-corrected chi connectivity index (χ2v) is 14.3. The molecule has 0 spiro atoms. The third-order valence-electron chi connectivity index (χ3n) is 10.7. The molecule has 0 bridgehead atoms. The molecule has 0 N–H and O–H groups in total. The van der Waals surface area contributed by atoms with Gasteiger partial charge in [0.15, 0.2) is 0 Å². The Balaban J connectivity index is 1.56. The number of pyridine rings is 1. The first-order valence-corrected chi connectivity index (χ1v) is 20.0. The molecule has 1 unspecified atom stereocenters. The van der Waals surface area contributed by atoms with Gasteiger partial charge in [-0.05, 0) is 106 Å². The zero-order valence-electron chi connectivity index (χ0n) is 32.1. The average Bonchev–Trinajstić information content (AvgIpc) is 3.45. The number of fused-ring (bicyclic) bond motifs is 1. The quantitative estimate of drug-likeness (QED) is 0.0644. The van der Waals surface area contributed by atoms with Crippen molar-refractivity contribution in [3.63, 3.8) is 0 Å². The van der Waals surface area contributed by atoms with E-state index in [0.29, 0.717) is 5.56 Å². The fourth-order valence-corrected chi connectivity index (χ4v) is 7.74. The molecule has 1 aliphatic heterocycles. The maximum atomic E-state index is 13.8. The van der Waals surface area contributed by atoms with Gasteiger partial charge in [0.25, 0.3) is 0 Å². The number of esters is 1. The number of anilines is 3. The van der Waals surface area contributed by atoms with Gasteiger partial charge in [-0.3, -0.25) is 9.88 Å². The van der Waals surface area contributed by atoms with E-state index in [1.54, 1.807) is 12.3 Å². The molecule has 1 atom stereocenters. The number of carbonyl (C=O) groups is 1. The highest BCUT2D eigenvalue weighted by Crippen LogP contribution is 2.51. The number of carbonyl (C=O) groups excluding carboxylic acids is 1. The van der Waals surface area contributed by atoms with E-state index in [4.69, 9.17) is 4.74 Å². The van der Waals surface area contributed by atoms with Crippen LogP contribution in [0.2, 0.25) is 0 Å². The van der Waals surface area contributed by atoms with Crippen LogP contribution in [0.25, 0.3) is 0 Å². The standard InChI is InChI=1S/C46H61N3O2/c1-6-10-12-14-16-18-20-37-22-26-39(27-23-37)49(40-28-24-38(25-29-40)21-19-17-15-13-11-7-2)46(44-35-47-33-32-42(44)45(50)51-46)43-31-30-41(34-36(43)5)48(8-3)9-4/h22-35H,6-21H2,1-5H3. The van der Waals surface area contributed by atoms with Crippen LogP contribution >= 0.6 is 0 Å². The smallest absolute Gasteiger partial charge is 0.341 e. The Morgan fingerprint density at radius 1 is 0.608 bits per heavy atom. The zero-order chi connectivity index (χ0) is 36.1. The highest BCUT2D eigenvalue weighted by atomic mass is 16.6. The van der Waals surface area contributed by atoms with Crippen molar-refractivity contribution < 1.29 is 9.53 Å². The van der Waals surface area contributed by atoms with Crippen molar-refractivity contribution in [1.82, 2.24) is 4.98 Å². The number of unbranched alkanes of at least 4 members (excludes halogenated alkanes) is 10. The predicted molar refractivity (Wildman–Crippen MR) is 214 cm³/mol. The Labute approximate surface area is 308 Å². The zero-order valence-corrected chi connectivity index (χ0v) is 32.1. The van der Waals surface area contributed by atoms with Gasteiger partial charge in [0.1, 0.15) is 0 Å². The third-order valence-corrected chi connectivity index (χ3v) is 10.7. The van der Waals surface area contributed by atoms with Gasteiger partial charge in [0.05, 0.1) is 11.1 Å². The predicted octanol–water partition coefficient (Wildman–Crippen LogP) is 12.3. The normalized spacial score (nSPS) is 15.1. The summed E-state index contributed by atoms with van der Waals surface area (Å²) in [5.74, 6) is -0.330. The van der Waals surface area contributed by atoms with Crippen LogP contribution in [0.4, 0.5) is 17.1 Å². The monoisotopic (exact) mass is 687 g/mol. The van der Waals surface area contributed by atoms with E-state index < -0.39 is 5.72 Å². The van der Waals surface area contributed by atoms with Gasteiger partial charge >= 0.3 is 5.97 Å². The number of nitrogens with zero attached hydrogens (tertiary/aromatic N) is 3. The van der Waals surface area contributed by atoms with Crippen molar-refractivity contribution in [2.45, 2.75) is 130 Å². The number of hydrogen-bond acceptors (Lipinski definition) is 5. The van der Waals surface area contributed by atoms with Crippen LogP contribution in [0, 0.1) is 6.92 Å². The number of aromatic nitrogens is 1. The fraction of sp³-hybridized carbons (Fsp3) is 0.478. The highest BCUT2D eigenvalue weighted by Gasteiger charge is 2.53. The second kappa shape index (κ2) is 18.9. The highest BCUT2D eigenvalue weighted by molar-refractivity contribution is 5.96. The molecule has 5 rings (SSSR count). The van der Waals surface area contributed by atoms with Gasteiger partial charge in [0, 0.05) is 48.1 Å². The lowest BCUT2D eigenvalue weighted by atomic mass is 9.88. The van der Waals surface area contributed by atoms with Crippen molar-refractivity contribution in [3.05, 3.63) is 119 Å². The van der Waals surface area contributed by atoms with Gasteiger partial charge in [0.2, 0.25) is 5.72 Å². The summed E-state index contributed by atoms with van der Waals surface area (Å²) in [6, 6.07) is 26.2. The summed E-state index contributed by atoms with van der Waals surface area (Å²) in [5.41, 5.74) is 7.86. The van der Waals surface area contributed by atoms with Crippen LogP contribution in [0.1, 0.15) is 143 Å². The van der Waals surface area contributed by atoms with Gasteiger partial charge in [-0.25, -0.2) is 4.79 Å². The molecule has 0 radical (unpaired) electrons. The third kappa shape index (κ3) is 9.04. The van der Waals surface area contributed by atoms with E-state index in [-0.39, 0.29) is 5.97 Å². The molecule has 3 aromatic carbocycles. The summed E-state index contributed by atoms with van der Waals surface area (Å²) >= 11 is 0.